The number of nitrogens with zero attached hydrogens (tertiary/aromatic N) is 1. The van der Waals surface area contributed by atoms with Crippen molar-refractivity contribution < 1.29 is 14.1 Å². The summed E-state index contributed by atoms with van der Waals surface area (Å²) in [6.45, 7) is 1.58. The fraction of sp³-hybridized carbons (Fsp3) is 0.875. The van der Waals surface area contributed by atoms with Crippen molar-refractivity contribution in [3.05, 3.63) is 0 Å². The van der Waals surface area contributed by atoms with Gasteiger partial charge in [0.05, 0.1) is 13.7 Å². The van der Waals surface area contributed by atoms with E-state index in [1.165, 1.54) is 7.11 Å². The lowest BCUT2D eigenvalue weighted by molar-refractivity contribution is -0.144. The molecule has 0 aromatic carbocycles. The molecule has 7 heteroatoms. The quantitative estimate of drug-likeness (QED) is 0.559. The van der Waals surface area contributed by atoms with Crippen molar-refractivity contribution in [2.75, 3.05) is 26.0 Å². The first kappa shape index (κ1) is 11.9. The van der Waals surface area contributed by atoms with E-state index in [1.807, 2.05) is 0 Å². The maximum Gasteiger partial charge on any atom is 0.323 e. The Kier molecular flexibility index (Phi) is 3.73. The lowest BCUT2D eigenvalue weighted by Gasteiger charge is -2.29. The predicted molar refractivity (Wildman–Crippen MR) is 64.4 cm³/mol. The standard InChI is InChI=1S/C8H14NO3PS2/c1-11-8(10)7-3-2-4-9(7)13(14)12-5-6-15-13/h7H,2-6H2,1H3/t7-,13?/m0/s1. The van der Waals surface area contributed by atoms with E-state index in [9.17, 15) is 4.79 Å². The van der Waals surface area contributed by atoms with Gasteiger partial charge in [-0.2, -0.15) is 0 Å². The molecule has 0 N–H and O–H groups in total. The maximum atomic E-state index is 11.6. The lowest BCUT2D eigenvalue weighted by Crippen LogP contribution is -2.33. The molecule has 0 aromatic rings. The molecule has 0 spiro atoms. The van der Waals surface area contributed by atoms with Crippen LogP contribution in [0.3, 0.4) is 0 Å². The molecule has 0 saturated carbocycles. The van der Waals surface area contributed by atoms with Crippen molar-refractivity contribution in [3.8, 4) is 0 Å². The highest BCUT2D eigenvalue weighted by molar-refractivity contribution is 8.69. The van der Waals surface area contributed by atoms with Crippen LogP contribution >= 0.6 is 17.0 Å². The van der Waals surface area contributed by atoms with Gasteiger partial charge in [0.15, 0.2) is 5.62 Å². The Hall–Kier alpha value is 0.390. The van der Waals surface area contributed by atoms with Crippen molar-refractivity contribution in [2.24, 2.45) is 0 Å². The molecule has 0 amide bonds. The third-order valence-electron chi connectivity index (χ3n) is 2.60. The zero-order chi connectivity index (χ0) is 10.9. The molecule has 2 aliphatic heterocycles. The lowest BCUT2D eigenvalue weighted by atomic mass is 10.2. The average molecular weight is 267 g/mol. The van der Waals surface area contributed by atoms with Crippen LogP contribution in [0, 0.1) is 0 Å². The van der Waals surface area contributed by atoms with Crippen LogP contribution in [0.2, 0.25) is 0 Å². The van der Waals surface area contributed by atoms with Crippen LogP contribution in [0.5, 0.6) is 0 Å². The summed E-state index contributed by atoms with van der Waals surface area (Å²) in [4.78, 5) is 11.6. The number of methoxy groups -OCH3 is 1. The van der Waals surface area contributed by atoms with Gasteiger partial charge in [0.2, 0.25) is 0 Å². The number of hydrogen-bond acceptors (Lipinski definition) is 5. The van der Waals surface area contributed by atoms with Crippen molar-refractivity contribution in [2.45, 2.75) is 18.9 Å². The molecule has 86 valence electrons. The van der Waals surface area contributed by atoms with Crippen LogP contribution < -0.4 is 0 Å². The Balaban J connectivity index is 2.14. The Labute approximate surface area is 98.6 Å². The molecule has 0 bridgehead atoms. The molecule has 2 heterocycles. The minimum atomic E-state index is -1.96. The highest BCUT2D eigenvalue weighted by Crippen LogP contribution is 2.68. The van der Waals surface area contributed by atoms with Gasteiger partial charge in [-0.15, -0.1) is 0 Å². The second kappa shape index (κ2) is 4.72. The first-order valence-electron chi connectivity index (χ1n) is 4.91. The van der Waals surface area contributed by atoms with E-state index < -0.39 is 5.62 Å². The molecule has 2 aliphatic rings. The maximum absolute atomic E-state index is 11.6. The van der Waals surface area contributed by atoms with E-state index in [4.69, 9.17) is 21.1 Å². The molecule has 0 aromatic heterocycles. The van der Waals surface area contributed by atoms with Crippen LogP contribution in [-0.2, 0) is 25.9 Å². The van der Waals surface area contributed by atoms with E-state index in [0.717, 1.165) is 25.1 Å². The Morgan fingerprint density at radius 2 is 2.53 bits per heavy atom. The molecule has 0 radical (unpaired) electrons. The first-order chi connectivity index (χ1) is 7.17. The van der Waals surface area contributed by atoms with Gasteiger partial charge < -0.3 is 9.26 Å². The van der Waals surface area contributed by atoms with Gasteiger partial charge in [-0.1, -0.05) is 11.4 Å². The molecule has 0 aliphatic carbocycles. The monoisotopic (exact) mass is 267 g/mol. The number of ether oxygens (including phenoxy) is 1. The van der Waals surface area contributed by atoms with Gasteiger partial charge in [-0.3, -0.25) is 4.79 Å². The van der Waals surface area contributed by atoms with Crippen LogP contribution in [0.15, 0.2) is 0 Å². The second-order valence-corrected chi connectivity index (χ2v) is 10.3. The number of carbonyl (C=O) groups excluding carboxylic acids is 1. The fourth-order valence-electron chi connectivity index (χ4n) is 1.91. The number of esters is 1. The Morgan fingerprint density at radius 1 is 1.73 bits per heavy atom. The summed E-state index contributed by atoms with van der Waals surface area (Å²) >= 11 is 7.24. The van der Waals surface area contributed by atoms with Gasteiger partial charge in [-0.25, -0.2) is 4.67 Å². The SMILES string of the molecule is COC(=O)[C@@H]1CCCN1P1(=S)OCCS1. The van der Waals surface area contributed by atoms with Gasteiger partial charge in [-0.05, 0) is 24.6 Å². The summed E-state index contributed by atoms with van der Waals surface area (Å²) in [5, 5.41) is 0. The van der Waals surface area contributed by atoms with Crippen molar-refractivity contribution >= 4 is 34.8 Å². The van der Waals surface area contributed by atoms with Crippen LogP contribution in [0.4, 0.5) is 0 Å². The van der Waals surface area contributed by atoms with E-state index in [-0.39, 0.29) is 12.0 Å². The van der Waals surface area contributed by atoms with E-state index in [2.05, 4.69) is 4.67 Å². The summed E-state index contributed by atoms with van der Waals surface area (Å²) in [7, 11) is 1.43. The molecule has 15 heavy (non-hydrogen) atoms. The topological polar surface area (TPSA) is 38.8 Å². The van der Waals surface area contributed by atoms with Gasteiger partial charge in [0, 0.05) is 12.3 Å². The molecular weight excluding hydrogens is 253 g/mol. The Bertz CT molecular complexity index is 302. The number of carbonyl (C=O) groups is 1. The summed E-state index contributed by atoms with van der Waals surface area (Å²) in [5.41, 5.74) is -1.96. The molecule has 4 nitrogen and oxygen atoms in total. The minimum Gasteiger partial charge on any atom is -0.468 e. The molecule has 1 unspecified atom stereocenters. The van der Waals surface area contributed by atoms with E-state index in [1.54, 1.807) is 11.4 Å². The summed E-state index contributed by atoms with van der Waals surface area (Å²) in [6.07, 6.45) is 1.84. The molecule has 2 saturated heterocycles. The summed E-state index contributed by atoms with van der Waals surface area (Å²) in [6, 6.07) is -0.175. The zero-order valence-corrected chi connectivity index (χ0v) is 11.1. The predicted octanol–water partition coefficient (Wildman–Crippen LogP) is 1.61. The van der Waals surface area contributed by atoms with Crippen LogP contribution in [0.25, 0.3) is 0 Å². The highest BCUT2D eigenvalue weighted by atomic mass is 32.9. The fourth-order valence-corrected chi connectivity index (χ4v) is 7.93. The van der Waals surface area contributed by atoms with Crippen LogP contribution in [0.1, 0.15) is 12.8 Å². The molecule has 2 atom stereocenters. The third-order valence-corrected chi connectivity index (χ3v) is 9.26. The number of rotatable bonds is 2. The summed E-state index contributed by atoms with van der Waals surface area (Å²) in [5.74, 6) is 0.773. The minimum absolute atomic E-state index is 0.173. The zero-order valence-electron chi connectivity index (χ0n) is 8.55. The van der Waals surface area contributed by atoms with E-state index >= 15 is 0 Å². The third kappa shape index (κ3) is 2.24. The average Bonchev–Trinajstić information content (AvgIpc) is 2.85. The van der Waals surface area contributed by atoms with Crippen LogP contribution in [-0.4, -0.2) is 42.7 Å². The highest BCUT2D eigenvalue weighted by Gasteiger charge is 2.42. The smallest absolute Gasteiger partial charge is 0.323 e. The molecular formula is C8H14NO3PS2. The normalized spacial score (nSPS) is 37.0. The number of hydrogen-bond donors (Lipinski definition) is 0. The largest absolute Gasteiger partial charge is 0.468 e. The van der Waals surface area contributed by atoms with Gasteiger partial charge in [0.25, 0.3) is 0 Å². The van der Waals surface area contributed by atoms with Crippen molar-refractivity contribution in [1.29, 1.82) is 0 Å². The van der Waals surface area contributed by atoms with E-state index in [0.29, 0.717) is 6.61 Å². The molecule has 2 fully saturated rings. The second-order valence-electron chi connectivity index (χ2n) is 3.48. The summed E-state index contributed by atoms with van der Waals surface area (Å²) < 4.78 is 12.5. The Morgan fingerprint density at radius 3 is 3.13 bits per heavy atom. The van der Waals surface area contributed by atoms with Gasteiger partial charge in [0.1, 0.15) is 6.04 Å². The van der Waals surface area contributed by atoms with Crippen molar-refractivity contribution in [1.82, 2.24) is 4.67 Å². The molecule has 2 rings (SSSR count). The van der Waals surface area contributed by atoms with Crippen molar-refractivity contribution in [3.63, 3.8) is 0 Å². The van der Waals surface area contributed by atoms with Gasteiger partial charge >= 0.3 is 5.97 Å². The first-order valence-corrected chi connectivity index (χ1v) is 9.18.